The Morgan fingerprint density at radius 2 is 1.32 bits per heavy atom. The molecule has 44 heavy (non-hydrogen) atoms. The maximum absolute atomic E-state index is 12.6. The Hall–Kier alpha value is -4.85. The molecule has 1 aliphatic heterocycles. The van der Waals surface area contributed by atoms with Crippen molar-refractivity contribution in [1.29, 1.82) is 0 Å². The lowest BCUT2D eigenvalue weighted by Crippen LogP contribution is -2.08. The molecule has 3 aromatic carbocycles. The van der Waals surface area contributed by atoms with E-state index in [9.17, 15) is 14.4 Å². The second-order valence-corrected chi connectivity index (χ2v) is 10.4. The topological polar surface area (TPSA) is 97.4 Å². The molecule has 0 bridgehead atoms. The number of carbonyl (C=O) groups is 3. The molecule has 0 spiro atoms. The zero-order chi connectivity index (χ0) is 31.1. The minimum absolute atomic E-state index is 0.0123. The van der Waals surface area contributed by atoms with Crippen LogP contribution in [-0.4, -0.2) is 43.8 Å². The lowest BCUT2D eigenvalue weighted by Gasteiger charge is -2.10. The molecule has 0 N–H and O–H groups in total. The molecule has 1 atom stereocenters. The first kappa shape index (κ1) is 32.1. The molecule has 1 heterocycles. The third-order valence-corrected chi connectivity index (χ3v) is 7.04. The first-order valence-corrected chi connectivity index (χ1v) is 14.9. The summed E-state index contributed by atoms with van der Waals surface area (Å²) >= 11 is 0. The number of benzene rings is 3. The van der Waals surface area contributed by atoms with Crippen LogP contribution in [0.1, 0.15) is 55.3 Å². The van der Waals surface area contributed by atoms with Crippen LogP contribution in [0, 0.1) is 0 Å². The summed E-state index contributed by atoms with van der Waals surface area (Å²) in [6.45, 7) is 8.38. The molecule has 0 amide bonds. The number of unbranched alkanes of at least 4 members (excludes halogenated alkanes) is 3. The Morgan fingerprint density at radius 1 is 0.750 bits per heavy atom. The van der Waals surface area contributed by atoms with E-state index in [2.05, 4.69) is 13.2 Å². The Balaban J connectivity index is 1.12. The van der Waals surface area contributed by atoms with E-state index in [1.165, 1.54) is 0 Å². The number of carbonyl (C=O) groups excluding carboxylic acids is 3. The van der Waals surface area contributed by atoms with Crippen LogP contribution in [0.4, 0.5) is 0 Å². The van der Waals surface area contributed by atoms with E-state index in [-0.39, 0.29) is 18.7 Å². The normalized spacial score (nSPS) is 14.0. The van der Waals surface area contributed by atoms with Crippen LogP contribution in [0.3, 0.4) is 0 Å². The number of cyclic esters (lactones) is 1. The van der Waals surface area contributed by atoms with Crippen LogP contribution in [0.2, 0.25) is 0 Å². The fourth-order valence-corrected chi connectivity index (χ4v) is 4.61. The smallest absolute Gasteiger partial charge is 0.343 e. The van der Waals surface area contributed by atoms with Gasteiger partial charge in [-0.05, 0) is 78.9 Å². The summed E-state index contributed by atoms with van der Waals surface area (Å²) in [5.41, 5.74) is 2.97. The molecule has 4 rings (SSSR count). The van der Waals surface area contributed by atoms with Crippen molar-refractivity contribution >= 4 is 17.9 Å². The van der Waals surface area contributed by atoms with Gasteiger partial charge < -0.3 is 23.7 Å². The van der Waals surface area contributed by atoms with Gasteiger partial charge in [-0.2, -0.15) is 0 Å². The monoisotopic (exact) mass is 598 g/mol. The van der Waals surface area contributed by atoms with Crippen LogP contribution in [0.5, 0.6) is 17.2 Å². The van der Waals surface area contributed by atoms with Gasteiger partial charge >= 0.3 is 17.9 Å². The highest BCUT2D eigenvalue weighted by Gasteiger charge is 2.26. The van der Waals surface area contributed by atoms with Crippen molar-refractivity contribution in [1.82, 2.24) is 0 Å². The summed E-state index contributed by atoms with van der Waals surface area (Å²) < 4.78 is 27.2. The molecule has 1 saturated heterocycles. The Labute approximate surface area is 258 Å². The van der Waals surface area contributed by atoms with Crippen LogP contribution in [0.15, 0.2) is 97.6 Å². The second kappa shape index (κ2) is 16.7. The van der Waals surface area contributed by atoms with E-state index >= 15 is 0 Å². The zero-order valence-corrected chi connectivity index (χ0v) is 24.8. The Bertz CT molecular complexity index is 1390. The van der Waals surface area contributed by atoms with Gasteiger partial charge in [0.05, 0.1) is 25.4 Å². The van der Waals surface area contributed by atoms with E-state index in [4.69, 9.17) is 23.7 Å². The van der Waals surface area contributed by atoms with Crippen molar-refractivity contribution in [2.24, 2.45) is 0 Å². The van der Waals surface area contributed by atoms with E-state index < -0.39 is 11.9 Å². The molecule has 230 valence electrons. The van der Waals surface area contributed by atoms with E-state index in [0.29, 0.717) is 48.7 Å². The van der Waals surface area contributed by atoms with Gasteiger partial charge in [-0.15, -0.1) is 0 Å². The van der Waals surface area contributed by atoms with E-state index in [1.54, 1.807) is 36.4 Å². The first-order valence-electron chi connectivity index (χ1n) is 14.9. The van der Waals surface area contributed by atoms with E-state index in [0.717, 1.165) is 55.1 Å². The lowest BCUT2D eigenvalue weighted by atomic mass is 10.1. The highest BCUT2D eigenvalue weighted by Crippen LogP contribution is 2.26. The van der Waals surface area contributed by atoms with Gasteiger partial charge in [0.25, 0.3) is 0 Å². The first-order chi connectivity index (χ1) is 21.4. The maximum Gasteiger partial charge on any atom is 0.343 e. The molecular formula is C36H38O8. The van der Waals surface area contributed by atoms with Gasteiger partial charge in [0.15, 0.2) is 0 Å². The predicted molar refractivity (Wildman–Crippen MR) is 167 cm³/mol. The number of rotatable bonds is 17. The molecule has 0 radical (unpaired) electrons. The van der Waals surface area contributed by atoms with Crippen molar-refractivity contribution in [2.45, 2.75) is 51.0 Å². The number of esters is 3. The SMILES string of the molecule is C=CC(=O)OCCCOc1ccc(-c2ccc(OC(=O)c3ccc(OCCCCCCC4CC(=C)C(=O)O4)cc3)cc2)cc1. The quantitative estimate of drug-likeness (QED) is 0.0693. The van der Waals surface area contributed by atoms with Crippen LogP contribution >= 0.6 is 0 Å². The zero-order valence-electron chi connectivity index (χ0n) is 24.8. The highest BCUT2D eigenvalue weighted by atomic mass is 16.6. The van der Waals surface area contributed by atoms with Crippen molar-refractivity contribution in [3.63, 3.8) is 0 Å². The largest absolute Gasteiger partial charge is 0.494 e. The molecule has 0 saturated carbocycles. The van der Waals surface area contributed by atoms with Crippen molar-refractivity contribution in [2.75, 3.05) is 19.8 Å². The number of ether oxygens (including phenoxy) is 5. The van der Waals surface area contributed by atoms with Crippen molar-refractivity contribution < 1.29 is 38.1 Å². The Kier molecular flexibility index (Phi) is 12.2. The summed E-state index contributed by atoms with van der Waals surface area (Å²) in [5, 5.41) is 0. The molecule has 1 aliphatic rings. The molecule has 8 nitrogen and oxygen atoms in total. The second-order valence-electron chi connectivity index (χ2n) is 10.4. The summed E-state index contributed by atoms with van der Waals surface area (Å²) in [4.78, 5) is 35.1. The summed E-state index contributed by atoms with van der Waals surface area (Å²) in [5.74, 6) is 0.730. The van der Waals surface area contributed by atoms with Gasteiger partial charge in [0.2, 0.25) is 0 Å². The highest BCUT2D eigenvalue weighted by molar-refractivity contribution is 5.91. The summed E-state index contributed by atoms with van der Waals surface area (Å²) in [6, 6.07) is 21.9. The molecule has 0 aromatic heterocycles. The molecule has 1 unspecified atom stereocenters. The minimum atomic E-state index is -0.443. The van der Waals surface area contributed by atoms with Gasteiger partial charge in [-0.3, -0.25) is 0 Å². The average Bonchev–Trinajstić information content (AvgIpc) is 3.37. The van der Waals surface area contributed by atoms with Gasteiger partial charge in [-0.25, -0.2) is 14.4 Å². The molecule has 3 aromatic rings. The van der Waals surface area contributed by atoms with Crippen LogP contribution in [0.25, 0.3) is 11.1 Å². The Morgan fingerprint density at radius 3 is 1.91 bits per heavy atom. The summed E-state index contributed by atoms with van der Waals surface area (Å²) in [6.07, 6.45) is 7.24. The van der Waals surface area contributed by atoms with Gasteiger partial charge in [-0.1, -0.05) is 50.3 Å². The van der Waals surface area contributed by atoms with Gasteiger partial charge in [0, 0.05) is 24.5 Å². The average molecular weight is 599 g/mol. The van der Waals surface area contributed by atoms with Crippen LogP contribution < -0.4 is 14.2 Å². The predicted octanol–water partition coefficient (Wildman–Crippen LogP) is 7.27. The lowest BCUT2D eigenvalue weighted by molar-refractivity contribution is -0.139. The van der Waals surface area contributed by atoms with Crippen molar-refractivity contribution in [3.8, 4) is 28.4 Å². The molecule has 1 fully saturated rings. The fourth-order valence-electron chi connectivity index (χ4n) is 4.61. The van der Waals surface area contributed by atoms with Gasteiger partial charge in [0.1, 0.15) is 23.4 Å². The minimum Gasteiger partial charge on any atom is -0.494 e. The fraction of sp³-hybridized carbons (Fsp3) is 0.306. The molecule has 8 heteroatoms. The maximum atomic E-state index is 12.6. The molecule has 0 aliphatic carbocycles. The number of hydrogen-bond donors (Lipinski definition) is 0. The van der Waals surface area contributed by atoms with Crippen molar-refractivity contribution in [3.05, 3.63) is 103 Å². The number of hydrogen-bond acceptors (Lipinski definition) is 8. The summed E-state index contributed by atoms with van der Waals surface area (Å²) in [7, 11) is 0. The standard InChI is InChI=1S/C36H38O8/c1-3-34(37)42-24-8-23-41-30-16-10-27(11-17-30)28-12-20-32(21-13-28)43-36(39)29-14-18-31(19-15-29)40-22-7-5-4-6-9-33-25-26(2)35(38)44-33/h3,10-21,33H,1-2,4-9,22-25H2. The van der Waals surface area contributed by atoms with Crippen LogP contribution in [-0.2, 0) is 19.1 Å². The molecular weight excluding hydrogens is 560 g/mol. The van der Waals surface area contributed by atoms with E-state index in [1.807, 2.05) is 36.4 Å². The third-order valence-electron chi connectivity index (χ3n) is 7.04. The third kappa shape index (κ3) is 10.2.